The van der Waals surface area contributed by atoms with Gasteiger partial charge in [0.1, 0.15) is 21.9 Å². The number of carbonyl (C=O) groups is 1. The Morgan fingerprint density at radius 1 is 1.15 bits per heavy atom. The van der Waals surface area contributed by atoms with Gasteiger partial charge < -0.3 is 10.4 Å². The third-order valence-corrected chi connectivity index (χ3v) is 6.12. The molecule has 136 valence electrons. The number of phenolic OH excluding ortho intramolecular Hbond substituents is 1. The number of hydrogen-bond acceptors (Lipinski definition) is 6. The molecule has 4 aromatic rings. The molecule has 0 bridgehead atoms. The predicted octanol–water partition coefficient (Wildman–Crippen LogP) is 4.98. The summed E-state index contributed by atoms with van der Waals surface area (Å²) in [7, 11) is 0. The number of benzene rings is 2. The third kappa shape index (κ3) is 3.74. The highest BCUT2D eigenvalue weighted by molar-refractivity contribution is 7.99. The van der Waals surface area contributed by atoms with E-state index in [2.05, 4.69) is 28.3 Å². The van der Waals surface area contributed by atoms with Crippen molar-refractivity contribution in [3.05, 3.63) is 53.7 Å². The highest BCUT2D eigenvalue weighted by atomic mass is 32.2. The van der Waals surface area contributed by atoms with Crippen LogP contribution in [0.25, 0.3) is 21.0 Å². The fraction of sp³-hybridized carbons (Fsp3) is 0.150. The van der Waals surface area contributed by atoms with Crippen molar-refractivity contribution in [2.24, 2.45) is 0 Å². The zero-order chi connectivity index (χ0) is 18.8. The number of hydrogen-bond donors (Lipinski definition) is 2. The molecule has 0 aliphatic heterocycles. The molecule has 0 saturated heterocycles. The molecule has 2 heterocycles. The number of amides is 1. The van der Waals surface area contributed by atoms with E-state index in [1.807, 2.05) is 24.3 Å². The molecule has 0 fully saturated rings. The first kappa shape index (κ1) is 17.8. The van der Waals surface area contributed by atoms with Gasteiger partial charge in [-0.2, -0.15) is 0 Å². The number of thioether (sulfide) groups is 1. The molecule has 2 aromatic carbocycles. The minimum absolute atomic E-state index is 0.0647. The summed E-state index contributed by atoms with van der Waals surface area (Å²) in [6, 6.07) is 12.9. The maximum absolute atomic E-state index is 12.4. The zero-order valence-electron chi connectivity index (χ0n) is 14.6. The van der Waals surface area contributed by atoms with Crippen LogP contribution in [0.4, 0.5) is 5.69 Å². The second-order valence-corrected chi connectivity index (χ2v) is 8.40. The molecule has 0 aliphatic carbocycles. The summed E-state index contributed by atoms with van der Waals surface area (Å²) in [6.07, 6.45) is 1.94. The molecule has 4 rings (SSSR count). The van der Waals surface area contributed by atoms with Gasteiger partial charge in [-0.25, -0.2) is 9.97 Å². The van der Waals surface area contributed by atoms with Crippen molar-refractivity contribution in [1.29, 1.82) is 0 Å². The van der Waals surface area contributed by atoms with Crippen molar-refractivity contribution in [2.45, 2.75) is 18.4 Å². The number of phenols is 1. The Hall–Kier alpha value is -2.64. The molecular weight excluding hydrogens is 378 g/mol. The minimum atomic E-state index is -0.0647. The fourth-order valence-corrected chi connectivity index (χ4v) is 4.75. The molecule has 0 unspecified atom stereocenters. The van der Waals surface area contributed by atoms with Crippen LogP contribution >= 0.6 is 23.1 Å². The molecule has 7 heteroatoms. The highest BCUT2D eigenvalue weighted by Gasteiger charge is 2.10. The molecular formula is C20H17N3O2S2. The van der Waals surface area contributed by atoms with Crippen LogP contribution in [0.1, 0.15) is 11.3 Å². The standard InChI is InChI=1S/C20H17N3O2S2/c1-12-10-15-19(21-11-22-20(15)27-12)26-9-8-18(25)23-16-6-2-5-14-13(16)4-3-7-17(14)24/h2-7,10-11,24H,8-9H2,1H3,(H,23,25). The van der Waals surface area contributed by atoms with E-state index < -0.39 is 0 Å². The Kier molecular flexibility index (Phi) is 4.96. The van der Waals surface area contributed by atoms with Crippen LogP contribution in [-0.4, -0.2) is 26.7 Å². The first-order valence-electron chi connectivity index (χ1n) is 8.46. The molecule has 0 atom stereocenters. The quantitative estimate of drug-likeness (QED) is 0.368. The maximum atomic E-state index is 12.4. The van der Waals surface area contributed by atoms with Gasteiger partial charge >= 0.3 is 0 Å². The number of nitrogens with one attached hydrogen (secondary N) is 1. The topological polar surface area (TPSA) is 75.1 Å². The summed E-state index contributed by atoms with van der Waals surface area (Å²) < 4.78 is 0. The first-order chi connectivity index (χ1) is 13.1. The van der Waals surface area contributed by atoms with Gasteiger partial charge in [-0.3, -0.25) is 4.79 Å². The average molecular weight is 396 g/mol. The number of aromatic hydroxyl groups is 1. The van der Waals surface area contributed by atoms with Crippen molar-refractivity contribution in [2.75, 3.05) is 11.1 Å². The van der Waals surface area contributed by atoms with Crippen LogP contribution in [0.3, 0.4) is 0 Å². The van der Waals surface area contributed by atoms with E-state index in [1.54, 1.807) is 41.6 Å². The van der Waals surface area contributed by atoms with E-state index in [4.69, 9.17) is 0 Å². The van der Waals surface area contributed by atoms with E-state index >= 15 is 0 Å². The van der Waals surface area contributed by atoms with E-state index in [1.165, 1.54) is 4.88 Å². The van der Waals surface area contributed by atoms with Crippen LogP contribution in [-0.2, 0) is 4.79 Å². The van der Waals surface area contributed by atoms with Gasteiger partial charge in [0.15, 0.2) is 0 Å². The lowest BCUT2D eigenvalue weighted by Crippen LogP contribution is -2.12. The number of carbonyl (C=O) groups excluding carboxylic acids is 1. The van der Waals surface area contributed by atoms with Crippen molar-refractivity contribution >= 4 is 55.7 Å². The van der Waals surface area contributed by atoms with Crippen molar-refractivity contribution in [3.63, 3.8) is 0 Å². The molecule has 0 spiro atoms. The first-order valence-corrected chi connectivity index (χ1v) is 10.3. The Morgan fingerprint density at radius 3 is 2.85 bits per heavy atom. The Bertz CT molecular complexity index is 1140. The monoisotopic (exact) mass is 395 g/mol. The molecule has 0 aliphatic rings. The van der Waals surface area contributed by atoms with Crippen molar-refractivity contribution in [3.8, 4) is 5.75 Å². The van der Waals surface area contributed by atoms with E-state index in [0.29, 0.717) is 17.9 Å². The predicted molar refractivity (Wildman–Crippen MR) is 112 cm³/mol. The van der Waals surface area contributed by atoms with Crippen LogP contribution in [0.15, 0.2) is 53.8 Å². The van der Waals surface area contributed by atoms with Crippen molar-refractivity contribution in [1.82, 2.24) is 9.97 Å². The second-order valence-electron chi connectivity index (χ2n) is 6.08. The van der Waals surface area contributed by atoms with Gasteiger partial charge in [-0.1, -0.05) is 24.3 Å². The van der Waals surface area contributed by atoms with Gasteiger partial charge in [0.25, 0.3) is 0 Å². The lowest BCUT2D eigenvalue weighted by molar-refractivity contribution is -0.115. The lowest BCUT2D eigenvalue weighted by atomic mass is 10.1. The molecule has 2 aromatic heterocycles. The van der Waals surface area contributed by atoms with Crippen LogP contribution in [0.5, 0.6) is 5.75 Å². The Labute approximate surface area is 164 Å². The molecule has 0 radical (unpaired) electrons. The average Bonchev–Trinajstić information content (AvgIpc) is 3.04. The number of nitrogens with zero attached hydrogens (tertiary/aromatic N) is 2. The summed E-state index contributed by atoms with van der Waals surface area (Å²) in [5.74, 6) is 0.770. The molecule has 27 heavy (non-hydrogen) atoms. The van der Waals surface area contributed by atoms with E-state index in [-0.39, 0.29) is 11.7 Å². The highest BCUT2D eigenvalue weighted by Crippen LogP contribution is 2.31. The van der Waals surface area contributed by atoms with Gasteiger partial charge in [-0.05, 0) is 25.1 Å². The van der Waals surface area contributed by atoms with Crippen LogP contribution in [0.2, 0.25) is 0 Å². The van der Waals surface area contributed by atoms with E-state index in [9.17, 15) is 9.90 Å². The van der Waals surface area contributed by atoms with Gasteiger partial charge in [0.2, 0.25) is 5.91 Å². The number of thiophene rings is 1. The smallest absolute Gasteiger partial charge is 0.225 e. The van der Waals surface area contributed by atoms with Crippen molar-refractivity contribution < 1.29 is 9.90 Å². The van der Waals surface area contributed by atoms with Gasteiger partial charge in [0, 0.05) is 38.9 Å². The van der Waals surface area contributed by atoms with Crippen LogP contribution in [0, 0.1) is 6.92 Å². The summed E-state index contributed by atoms with van der Waals surface area (Å²) in [5.41, 5.74) is 0.705. The molecule has 0 saturated carbocycles. The Balaban J connectivity index is 1.42. The molecule has 1 amide bonds. The largest absolute Gasteiger partial charge is 0.507 e. The van der Waals surface area contributed by atoms with E-state index in [0.717, 1.165) is 26.0 Å². The number of rotatable bonds is 5. The maximum Gasteiger partial charge on any atom is 0.225 e. The molecule has 5 nitrogen and oxygen atoms in total. The lowest BCUT2D eigenvalue weighted by Gasteiger charge is -2.09. The fourth-order valence-electron chi connectivity index (χ4n) is 2.92. The number of fused-ring (bicyclic) bond motifs is 2. The zero-order valence-corrected chi connectivity index (χ0v) is 16.2. The summed E-state index contributed by atoms with van der Waals surface area (Å²) >= 11 is 3.21. The van der Waals surface area contributed by atoms with Crippen LogP contribution < -0.4 is 5.32 Å². The number of aryl methyl sites for hydroxylation is 1. The Morgan fingerprint density at radius 2 is 1.96 bits per heavy atom. The minimum Gasteiger partial charge on any atom is -0.507 e. The summed E-state index contributed by atoms with van der Waals surface area (Å²) in [5, 5.41) is 16.4. The second kappa shape index (κ2) is 7.54. The van der Waals surface area contributed by atoms with Gasteiger partial charge in [-0.15, -0.1) is 23.1 Å². The SMILES string of the molecule is Cc1cc2c(SCCC(=O)Nc3cccc4c(O)cccc34)ncnc2s1. The summed E-state index contributed by atoms with van der Waals surface area (Å²) in [6.45, 7) is 2.05. The summed E-state index contributed by atoms with van der Waals surface area (Å²) in [4.78, 5) is 23.2. The third-order valence-electron chi connectivity index (χ3n) is 4.16. The van der Waals surface area contributed by atoms with Gasteiger partial charge in [0.05, 0.1) is 0 Å². The molecule has 2 N–H and O–H groups in total. The number of aromatic nitrogens is 2. The number of anilines is 1. The normalized spacial score (nSPS) is 11.1.